The van der Waals surface area contributed by atoms with E-state index in [0.29, 0.717) is 11.1 Å². The number of pyridine rings is 1. The second-order valence-corrected chi connectivity index (χ2v) is 4.68. The van der Waals surface area contributed by atoms with Gasteiger partial charge in [0.25, 0.3) is 0 Å². The number of carbonyl (C=O) groups is 1. The van der Waals surface area contributed by atoms with Gasteiger partial charge >= 0.3 is 5.97 Å². The molecule has 0 aliphatic heterocycles. The lowest BCUT2D eigenvalue weighted by Gasteiger charge is -2.10. The molecule has 116 valence electrons. The van der Waals surface area contributed by atoms with Gasteiger partial charge < -0.3 is 9.84 Å². The van der Waals surface area contributed by atoms with Crippen molar-refractivity contribution in [2.24, 2.45) is 0 Å². The molecule has 4 nitrogen and oxygen atoms in total. The molecule has 2 aromatic rings. The lowest BCUT2D eigenvalue weighted by atomic mass is 10.0. The molecule has 0 radical (unpaired) electrons. The molecule has 2 rings (SSSR count). The fraction of sp³-hybridized carbons (Fsp3) is 0.0526. The van der Waals surface area contributed by atoms with Crippen LogP contribution in [0.2, 0.25) is 0 Å². The molecular formula is C19H17NO3. The molecule has 0 saturated carbocycles. The topological polar surface area (TPSA) is 59.4 Å². The summed E-state index contributed by atoms with van der Waals surface area (Å²) in [5.41, 5.74) is 2.71. The molecule has 4 heteroatoms. The molecule has 0 amide bonds. The van der Waals surface area contributed by atoms with Gasteiger partial charge in [0, 0.05) is 17.3 Å². The number of aliphatic hydroxyl groups is 1. The summed E-state index contributed by atoms with van der Waals surface area (Å²) < 4.78 is 4.64. The van der Waals surface area contributed by atoms with Crippen molar-refractivity contribution in [3.05, 3.63) is 78.5 Å². The van der Waals surface area contributed by atoms with Crippen LogP contribution in [0.4, 0.5) is 0 Å². The Balaban J connectivity index is 2.57. The monoisotopic (exact) mass is 307 g/mol. The van der Waals surface area contributed by atoms with E-state index in [1.54, 1.807) is 12.1 Å². The molecule has 0 unspecified atom stereocenters. The fourth-order valence-electron chi connectivity index (χ4n) is 2.14. The average molecular weight is 307 g/mol. The van der Waals surface area contributed by atoms with E-state index >= 15 is 0 Å². The van der Waals surface area contributed by atoms with Crippen LogP contribution in [0.15, 0.2) is 67.4 Å². The first-order valence-electron chi connectivity index (χ1n) is 6.94. The van der Waals surface area contributed by atoms with Crippen molar-refractivity contribution in [1.82, 2.24) is 4.98 Å². The van der Waals surface area contributed by atoms with E-state index in [9.17, 15) is 9.90 Å². The van der Waals surface area contributed by atoms with E-state index in [2.05, 4.69) is 22.9 Å². The summed E-state index contributed by atoms with van der Waals surface area (Å²) in [5, 5.41) is 10.4. The van der Waals surface area contributed by atoms with E-state index < -0.39 is 5.97 Å². The number of aliphatic hydroxyl groups excluding tert-OH is 1. The van der Waals surface area contributed by atoms with Crippen LogP contribution in [0.1, 0.15) is 11.1 Å². The Morgan fingerprint density at radius 1 is 1.26 bits per heavy atom. The van der Waals surface area contributed by atoms with Crippen LogP contribution in [0.5, 0.6) is 0 Å². The maximum atomic E-state index is 11.7. The molecule has 0 fully saturated rings. The predicted octanol–water partition coefficient (Wildman–Crippen LogP) is 4.02. The SMILES string of the molecule is C=C/C(C(=O)OC)=C(/O)c1cnc(-c2ccccc2)cc1C=C. The summed E-state index contributed by atoms with van der Waals surface area (Å²) in [7, 11) is 1.24. The zero-order valence-corrected chi connectivity index (χ0v) is 12.8. The highest BCUT2D eigenvalue weighted by Crippen LogP contribution is 2.26. The summed E-state index contributed by atoms with van der Waals surface area (Å²) in [4.78, 5) is 16.0. The first kappa shape index (κ1) is 16.2. The van der Waals surface area contributed by atoms with Crippen molar-refractivity contribution in [3.63, 3.8) is 0 Å². The van der Waals surface area contributed by atoms with E-state index in [4.69, 9.17) is 0 Å². The van der Waals surface area contributed by atoms with Crippen molar-refractivity contribution in [2.75, 3.05) is 7.11 Å². The van der Waals surface area contributed by atoms with Gasteiger partial charge in [-0.3, -0.25) is 4.98 Å². The normalized spacial score (nSPS) is 11.3. The quantitative estimate of drug-likeness (QED) is 0.392. The molecule has 0 aliphatic rings. The maximum absolute atomic E-state index is 11.7. The molecule has 0 saturated heterocycles. The summed E-state index contributed by atoms with van der Waals surface area (Å²) in [6.07, 6.45) is 4.35. The zero-order chi connectivity index (χ0) is 16.8. The smallest absolute Gasteiger partial charge is 0.341 e. The number of esters is 1. The van der Waals surface area contributed by atoms with Gasteiger partial charge in [-0.25, -0.2) is 4.79 Å². The molecule has 1 aromatic carbocycles. The number of benzene rings is 1. The Bertz CT molecular complexity index is 776. The highest BCUT2D eigenvalue weighted by molar-refractivity contribution is 5.99. The Morgan fingerprint density at radius 2 is 1.96 bits per heavy atom. The number of hydrogen-bond acceptors (Lipinski definition) is 4. The van der Waals surface area contributed by atoms with Crippen molar-refractivity contribution in [1.29, 1.82) is 0 Å². The molecule has 0 atom stereocenters. The van der Waals surface area contributed by atoms with E-state index in [1.165, 1.54) is 19.4 Å². The molecule has 1 heterocycles. The number of hydrogen-bond donors (Lipinski definition) is 1. The standard InChI is InChI=1S/C19H17NO3/c1-4-13-11-17(14-9-7-6-8-10-14)20-12-16(13)18(21)15(5-2)19(22)23-3/h4-12,21H,1-2H2,3H3/b18-15-. The van der Waals surface area contributed by atoms with Crippen molar-refractivity contribution >= 4 is 17.8 Å². The van der Waals surface area contributed by atoms with Crippen LogP contribution < -0.4 is 0 Å². The second kappa shape index (κ2) is 7.22. The molecule has 0 spiro atoms. The van der Waals surface area contributed by atoms with Crippen molar-refractivity contribution in [2.45, 2.75) is 0 Å². The van der Waals surface area contributed by atoms with Crippen LogP contribution in [0.25, 0.3) is 23.1 Å². The lowest BCUT2D eigenvalue weighted by Crippen LogP contribution is -2.06. The minimum atomic E-state index is -0.667. The lowest BCUT2D eigenvalue weighted by molar-refractivity contribution is -0.135. The Hall–Kier alpha value is -3.14. The number of carbonyl (C=O) groups excluding carboxylic acids is 1. The summed E-state index contributed by atoms with van der Waals surface area (Å²) in [6.45, 7) is 7.29. The Kier molecular flexibility index (Phi) is 5.10. The van der Waals surface area contributed by atoms with Crippen molar-refractivity contribution in [3.8, 4) is 11.3 Å². The van der Waals surface area contributed by atoms with E-state index in [1.807, 2.05) is 30.3 Å². The minimum Gasteiger partial charge on any atom is -0.506 e. The first-order valence-corrected chi connectivity index (χ1v) is 6.94. The third kappa shape index (κ3) is 3.37. The molecule has 1 N–H and O–H groups in total. The van der Waals surface area contributed by atoms with E-state index in [-0.39, 0.29) is 11.3 Å². The average Bonchev–Trinajstić information content (AvgIpc) is 2.62. The molecule has 1 aromatic heterocycles. The molecular weight excluding hydrogens is 290 g/mol. The third-order valence-electron chi connectivity index (χ3n) is 3.35. The van der Waals surface area contributed by atoms with Gasteiger partial charge in [0.05, 0.1) is 12.8 Å². The molecule has 23 heavy (non-hydrogen) atoms. The highest BCUT2D eigenvalue weighted by atomic mass is 16.5. The van der Waals surface area contributed by atoms with Gasteiger partial charge in [0.2, 0.25) is 0 Å². The summed E-state index contributed by atoms with van der Waals surface area (Å²) in [5.74, 6) is -0.909. The van der Waals surface area contributed by atoms with Crippen LogP contribution in [0.3, 0.4) is 0 Å². The van der Waals surface area contributed by atoms with Gasteiger partial charge in [0.1, 0.15) is 11.3 Å². The molecule has 0 aliphatic carbocycles. The number of aromatic nitrogens is 1. The molecule has 0 bridgehead atoms. The minimum absolute atomic E-state index is 0.0233. The van der Waals surface area contributed by atoms with Crippen LogP contribution >= 0.6 is 0 Å². The van der Waals surface area contributed by atoms with Gasteiger partial charge in [-0.1, -0.05) is 55.6 Å². The zero-order valence-electron chi connectivity index (χ0n) is 12.8. The van der Waals surface area contributed by atoms with Crippen LogP contribution in [-0.2, 0) is 9.53 Å². The number of ether oxygens (including phenoxy) is 1. The number of nitrogens with zero attached hydrogens (tertiary/aromatic N) is 1. The van der Waals surface area contributed by atoms with Gasteiger partial charge in [-0.15, -0.1) is 0 Å². The van der Waals surface area contributed by atoms with Crippen LogP contribution in [0, 0.1) is 0 Å². The number of rotatable bonds is 5. The third-order valence-corrected chi connectivity index (χ3v) is 3.35. The van der Waals surface area contributed by atoms with Crippen LogP contribution in [-0.4, -0.2) is 23.2 Å². The first-order chi connectivity index (χ1) is 11.1. The van der Waals surface area contributed by atoms with Crippen molar-refractivity contribution < 1.29 is 14.6 Å². The van der Waals surface area contributed by atoms with Gasteiger partial charge in [-0.2, -0.15) is 0 Å². The van der Waals surface area contributed by atoms with Gasteiger partial charge in [-0.05, 0) is 11.6 Å². The Morgan fingerprint density at radius 3 is 2.52 bits per heavy atom. The summed E-state index contributed by atoms with van der Waals surface area (Å²) >= 11 is 0. The highest BCUT2D eigenvalue weighted by Gasteiger charge is 2.17. The largest absolute Gasteiger partial charge is 0.506 e. The predicted molar refractivity (Wildman–Crippen MR) is 91.5 cm³/mol. The number of methoxy groups -OCH3 is 1. The fourth-order valence-corrected chi connectivity index (χ4v) is 2.14. The van der Waals surface area contributed by atoms with E-state index in [0.717, 1.165) is 11.3 Å². The maximum Gasteiger partial charge on any atom is 0.341 e. The Labute approximate surface area is 135 Å². The summed E-state index contributed by atoms with van der Waals surface area (Å²) in [6, 6.07) is 11.4. The second-order valence-electron chi connectivity index (χ2n) is 4.68. The van der Waals surface area contributed by atoms with Gasteiger partial charge in [0.15, 0.2) is 0 Å².